The van der Waals surface area contributed by atoms with Gasteiger partial charge in [0.1, 0.15) is 16.9 Å². The molecule has 2 aliphatic carbocycles. The molecule has 3 aromatic heterocycles. The fourth-order valence-electron chi connectivity index (χ4n) is 5.13. The molecule has 0 radical (unpaired) electrons. The molecule has 32 heavy (non-hydrogen) atoms. The quantitative estimate of drug-likeness (QED) is 0.552. The molecule has 2 atom stereocenters. The minimum atomic E-state index is -0.241. The first kappa shape index (κ1) is 21.1. The van der Waals surface area contributed by atoms with Crippen molar-refractivity contribution < 1.29 is 5.11 Å². The topological polar surface area (TPSA) is 115 Å². The number of hydrogen-bond acceptors (Lipinski definition) is 7. The van der Waals surface area contributed by atoms with E-state index in [9.17, 15) is 5.11 Å². The van der Waals surface area contributed by atoms with Gasteiger partial charge in [-0.15, -0.1) is 0 Å². The van der Waals surface area contributed by atoms with Crippen molar-refractivity contribution in [2.24, 2.45) is 5.92 Å². The second kappa shape index (κ2) is 8.65. The average Bonchev–Trinajstić information content (AvgIpc) is 3.43. The van der Waals surface area contributed by atoms with Gasteiger partial charge >= 0.3 is 0 Å². The Kier molecular flexibility index (Phi) is 5.71. The van der Waals surface area contributed by atoms with Crippen molar-refractivity contribution in [1.82, 2.24) is 24.7 Å². The smallest absolute Gasteiger partial charge is 0.151 e. The first-order chi connectivity index (χ1) is 15.5. The lowest BCUT2D eigenvalue weighted by Gasteiger charge is -2.26. The molecule has 0 amide bonds. The molecule has 2 saturated carbocycles. The van der Waals surface area contributed by atoms with Crippen LogP contribution in [0.2, 0.25) is 0 Å². The van der Waals surface area contributed by atoms with E-state index in [1.807, 2.05) is 6.20 Å². The first-order valence-corrected chi connectivity index (χ1v) is 12.0. The number of anilines is 2. The maximum atomic E-state index is 9.92. The van der Waals surface area contributed by atoms with Crippen molar-refractivity contribution >= 4 is 22.7 Å². The second-order valence-electron chi connectivity index (χ2n) is 9.56. The van der Waals surface area contributed by atoms with Gasteiger partial charge in [0.25, 0.3) is 0 Å². The highest BCUT2D eigenvalue weighted by atomic mass is 16.3. The fourth-order valence-corrected chi connectivity index (χ4v) is 5.13. The molecule has 0 aliphatic heterocycles. The van der Waals surface area contributed by atoms with Gasteiger partial charge in [0.2, 0.25) is 0 Å². The van der Waals surface area contributed by atoms with Gasteiger partial charge in [0.05, 0.1) is 24.0 Å². The standard InChI is InChI=1S/C24H33N7O/c1-3-20-24(28-16-6-9-18(32)10-16)30-21-19(12-26-23(25)22(21)29-20)15-11-27-31(13-15)17-7-4-14(2)5-8-17/h11-14,16-18,32H,3-10H2,1-2H3,(H2,25,26)(H,28,30)/t14-,16-,17-,18+/m1/s1. The number of aliphatic hydroxyl groups excluding tert-OH is 1. The summed E-state index contributed by atoms with van der Waals surface area (Å²) in [7, 11) is 0. The highest BCUT2D eigenvalue weighted by Crippen LogP contribution is 2.35. The van der Waals surface area contributed by atoms with Crippen LogP contribution in [-0.2, 0) is 6.42 Å². The summed E-state index contributed by atoms with van der Waals surface area (Å²) in [6, 6.07) is 0.665. The summed E-state index contributed by atoms with van der Waals surface area (Å²) in [5.41, 5.74) is 10.3. The third-order valence-electron chi connectivity index (χ3n) is 7.15. The summed E-state index contributed by atoms with van der Waals surface area (Å²) in [4.78, 5) is 14.3. The number of nitrogen functional groups attached to an aromatic ring is 1. The van der Waals surface area contributed by atoms with Crippen molar-refractivity contribution in [2.75, 3.05) is 11.1 Å². The summed E-state index contributed by atoms with van der Waals surface area (Å²) in [6.07, 6.45) is 13.6. The molecule has 8 nitrogen and oxygen atoms in total. The Morgan fingerprint density at radius 3 is 2.62 bits per heavy atom. The van der Waals surface area contributed by atoms with E-state index in [-0.39, 0.29) is 12.1 Å². The van der Waals surface area contributed by atoms with Gasteiger partial charge in [-0.2, -0.15) is 5.10 Å². The molecule has 3 aromatic rings. The SMILES string of the molecule is CCc1nc2c(N)ncc(-c3cnn([C@H]4CC[C@H](C)CC4)c3)c2nc1N[C@@H]1CC[C@H](O)C1. The summed E-state index contributed by atoms with van der Waals surface area (Å²) in [5, 5.41) is 18.1. The van der Waals surface area contributed by atoms with Crippen LogP contribution in [0.5, 0.6) is 0 Å². The number of fused-ring (bicyclic) bond motifs is 1. The Bertz CT molecular complexity index is 1100. The van der Waals surface area contributed by atoms with E-state index in [0.717, 1.165) is 59.8 Å². The van der Waals surface area contributed by atoms with Gasteiger partial charge < -0.3 is 16.2 Å². The molecule has 8 heteroatoms. The van der Waals surface area contributed by atoms with E-state index in [1.165, 1.54) is 25.7 Å². The summed E-state index contributed by atoms with van der Waals surface area (Å²) < 4.78 is 2.11. The number of aromatic nitrogens is 5. The zero-order valence-electron chi connectivity index (χ0n) is 19.0. The molecule has 4 N–H and O–H groups in total. The van der Waals surface area contributed by atoms with Gasteiger partial charge in [-0.1, -0.05) is 13.8 Å². The molecule has 0 unspecified atom stereocenters. The highest BCUT2D eigenvalue weighted by Gasteiger charge is 2.25. The zero-order chi connectivity index (χ0) is 22.2. The van der Waals surface area contributed by atoms with E-state index in [0.29, 0.717) is 17.4 Å². The first-order valence-electron chi connectivity index (χ1n) is 12.0. The molecule has 5 rings (SSSR count). The number of pyridine rings is 1. The number of aliphatic hydroxyl groups is 1. The van der Waals surface area contributed by atoms with E-state index < -0.39 is 0 Å². The van der Waals surface area contributed by atoms with Crippen molar-refractivity contribution in [2.45, 2.75) is 83.4 Å². The van der Waals surface area contributed by atoms with Crippen LogP contribution in [0.3, 0.4) is 0 Å². The molecule has 0 bridgehead atoms. The van der Waals surface area contributed by atoms with E-state index in [2.05, 4.69) is 40.1 Å². The number of nitrogens with one attached hydrogen (secondary N) is 1. The fraction of sp³-hybridized carbons (Fsp3) is 0.583. The van der Waals surface area contributed by atoms with E-state index >= 15 is 0 Å². The molecule has 170 valence electrons. The lowest BCUT2D eigenvalue weighted by molar-refractivity contribution is 0.182. The summed E-state index contributed by atoms with van der Waals surface area (Å²) >= 11 is 0. The van der Waals surface area contributed by atoms with Crippen molar-refractivity contribution in [3.05, 3.63) is 24.3 Å². The van der Waals surface area contributed by atoms with Gasteiger partial charge in [-0.25, -0.2) is 15.0 Å². The normalized spacial score (nSPS) is 26.0. The minimum absolute atomic E-state index is 0.209. The summed E-state index contributed by atoms with van der Waals surface area (Å²) in [6.45, 7) is 4.39. The summed E-state index contributed by atoms with van der Waals surface area (Å²) in [5.74, 6) is 1.98. The third-order valence-corrected chi connectivity index (χ3v) is 7.15. The van der Waals surface area contributed by atoms with Crippen LogP contribution in [0, 0.1) is 5.92 Å². The Balaban J connectivity index is 1.52. The third kappa shape index (κ3) is 4.03. The van der Waals surface area contributed by atoms with E-state index in [4.69, 9.17) is 15.7 Å². The number of aryl methyl sites for hydroxylation is 1. The maximum absolute atomic E-state index is 9.92. The predicted molar refractivity (Wildman–Crippen MR) is 126 cm³/mol. The molecule has 2 aliphatic rings. The molecule has 0 spiro atoms. The van der Waals surface area contributed by atoms with Gasteiger partial charge in [-0.3, -0.25) is 4.68 Å². The number of hydrogen-bond donors (Lipinski definition) is 3. The zero-order valence-corrected chi connectivity index (χ0v) is 19.0. The van der Waals surface area contributed by atoms with Crippen LogP contribution in [0.4, 0.5) is 11.6 Å². The number of nitrogens with zero attached hydrogens (tertiary/aromatic N) is 5. The van der Waals surface area contributed by atoms with Crippen LogP contribution in [-0.4, -0.2) is 42.0 Å². The Hall–Kier alpha value is -2.74. The van der Waals surface area contributed by atoms with Crippen LogP contribution < -0.4 is 11.1 Å². The Morgan fingerprint density at radius 2 is 1.91 bits per heavy atom. The van der Waals surface area contributed by atoms with Crippen molar-refractivity contribution in [3.63, 3.8) is 0 Å². The van der Waals surface area contributed by atoms with Crippen molar-refractivity contribution in [1.29, 1.82) is 0 Å². The largest absolute Gasteiger partial charge is 0.393 e. The molecule has 0 saturated heterocycles. The highest BCUT2D eigenvalue weighted by molar-refractivity contribution is 5.96. The Morgan fingerprint density at radius 1 is 1.09 bits per heavy atom. The molecule has 2 fully saturated rings. The molecular formula is C24H33N7O. The molecule has 3 heterocycles. The lowest BCUT2D eigenvalue weighted by Crippen LogP contribution is -2.19. The lowest BCUT2D eigenvalue weighted by atomic mass is 9.87. The monoisotopic (exact) mass is 435 g/mol. The maximum Gasteiger partial charge on any atom is 0.151 e. The number of nitrogens with two attached hydrogens (primary N) is 1. The second-order valence-corrected chi connectivity index (χ2v) is 9.56. The van der Waals surface area contributed by atoms with Gasteiger partial charge in [0.15, 0.2) is 5.82 Å². The number of rotatable bonds is 5. The van der Waals surface area contributed by atoms with Crippen LogP contribution in [0.1, 0.15) is 70.5 Å². The van der Waals surface area contributed by atoms with Gasteiger partial charge in [0, 0.05) is 29.6 Å². The van der Waals surface area contributed by atoms with Crippen molar-refractivity contribution in [3.8, 4) is 11.1 Å². The average molecular weight is 436 g/mol. The Labute approximate surface area is 188 Å². The predicted octanol–water partition coefficient (Wildman–Crippen LogP) is 4.11. The van der Waals surface area contributed by atoms with Crippen LogP contribution >= 0.6 is 0 Å². The minimum Gasteiger partial charge on any atom is -0.393 e. The van der Waals surface area contributed by atoms with Crippen LogP contribution in [0.25, 0.3) is 22.2 Å². The van der Waals surface area contributed by atoms with E-state index in [1.54, 1.807) is 6.20 Å². The molecular weight excluding hydrogens is 402 g/mol. The van der Waals surface area contributed by atoms with Gasteiger partial charge in [-0.05, 0) is 57.3 Å². The van der Waals surface area contributed by atoms with Crippen LogP contribution in [0.15, 0.2) is 18.6 Å². The molecule has 0 aromatic carbocycles.